The maximum absolute atomic E-state index is 5.72. The Labute approximate surface area is 129 Å². The zero-order valence-corrected chi connectivity index (χ0v) is 14.4. The summed E-state index contributed by atoms with van der Waals surface area (Å²) in [5, 5.41) is 3.48. The van der Waals surface area contributed by atoms with E-state index in [2.05, 4.69) is 51.0 Å². The second-order valence-electron chi connectivity index (χ2n) is 6.85. The van der Waals surface area contributed by atoms with Crippen molar-refractivity contribution < 1.29 is 4.74 Å². The fourth-order valence-electron chi connectivity index (χ4n) is 1.85. The molecule has 118 valence electrons. The molecular formula is C18H30N2O. The van der Waals surface area contributed by atoms with Crippen LogP contribution in [0, 0.1) is 5.92 Å². The summed E-state index contributed by atoms with van der Waals surface area (Å²) < 4.78 is 5.72. The van der Waals surface area contributed by atoms with Gasteiger partial charge < -0.3 is 10.1 Å². The van der Waals surface area contributed by atoms with Crippen LogP contribution in [0.2, 0.25) is 0 Å². The van der Waals surface area contributed by atoms with Crippen LogP contribution in [0.3, 0.4) is 0 Å². The number of allylic oxidation sites excluding steroid dienone is 1. The highest BCUT2D eigenvalue weighted by Crippen LogP contribution is 2.24. The van der Waals surface area contributed by atoms with Crippen LogP contribution < -0.4 is 10.1 Å². The molecule has 0 aliphatic heterocycles. The third-order valence-corrected chi connectivity index (χ3v) is 3.07. The molecule has 1 aromatic rings. The normalized spacial score (nSPS) is 12.3. The van der Waals surface area contributed by atoms with E-state index in [1.807, 2.05) is 25.1 Å². The van der Waals surface area contributed by atoms with Crippen molar-refractivity contribution in [1.82, 2.24) is 10.3 Å². The van der Waals surface area contributed by atoms with Crippen LogP contribution in [-0.2, 0) is 12.0 Å². The second kappa shape index (κ2) is 8.18. The molecule has 0 fully saturated rings. The van der Waals surface area contributed by atoms with Gasteiger partial charge in [0.05, 0.1) is 5.69 Å². The number of nitrogens with one attached hydrogen (secondary N) is 1. The number of pyridine rings is 1. The van der Waals surface area contributed by atoms with E-state index in [-0.39, 0.29) is 5.41 Å². The van der Waals surface area contributed by atoms with Crippen molar-refractivity contribution in [3.63, 3.8) is 0 Å². The summed E-state index contributed by atoms with van der Waals surface area (Å²) in [5.74, 6) is 1.36. The smallest absolute Gasteiger partial charge is 0.214 e. The Morgan fingerprint density at radius 3 is 2.57 bits per heavy atom. The van der Waals surface area contributed by atoms with E-state index in [9.17, 15) is 0 Å². The standard InChI is InChI=1S/C18H30N2O/c1-7-8-9-21-17-11-15(13-19-12-14(2)3)10-16(20-17)18(4,5)6/h7-8,10-11,14,19H,9,12-13H2,1-6H3/b8-7+. The summed E-state index contributed by atoms with van der Waals surface area (Å²) in [6.07, 6.45) is 3.97. The topological polar surface area (TPSA) is 34.1 Å². The lowest BCUT2D eigenvalue weighted by Crippen LogP contribution is -2.20. The largest absolute Gasteiger partial charge is 0.473 e. The molecule has 1 heterocycles. The van der Waals surface area contributed by atoms with Crippen molar-refractivity contribution in [3.05, 3.63) is 35.5 Å². The Bertz CT molecular complexity index is 459. The maximum atomic E-state index is 5.72. The van der Waals surface area contributed by atoms with Crippen molar-refractivity contribution >= 4 is 0 Å². The van der Waals surface area contributed by atoms with Crippen molar-refractivity contribution in [1.29, 1.82) is 0 Å². The lowest BCUT2D eigenvalue weighted by Gasteiger charge is -2.20. The Balaban J connectivity index is 2.87. The maximum Gasteiger partial charge on any atom is 0.214 e. The van der Waals surface area contributed by atoms with Gasteiger partial charge in [-0.05, 0) is 31.0 Å². The minimum absolute atomic E-state index is 0.0206. The average molecular weight is 290 g/mol. The summed E-state index contributed by atoms with van der Waals surface area (Å²) in [6.45, 7) is 15.4. The van der Waals surface area contributed by atoms with E-state index in [0.29, 0.717) is 18.4 Å². The van der Waals surface area contributed by atoms with Crippen LogP contribution in [0.5, 0.6) is 5.88 Å². The van der Waals surface area contributed by atoms with Crippen LogP contribution in [0.4, 0.5) is 0 Å². The molecule has 0 bridgehead atoms. The van der Waals surface area contributed by atoms with E-state index in [1.165, 1.54) is 5.56 Å². The van der Waals surface area contributed by atoms with Gasteiger partial charge in [0.25, 0.3) is 0 Å². The van der Waals surface area contributed by atoms with Gasteiger partial charge in [0.15, 0.2) is 0 Å². The lowest BCUT2D eigenvalue weighted by molar-refractivity contribution is 0.343. The Kier molecular flexibility index (Phi) is 6.90. The fourth-order valence-corrected chi connectivity index (χ4v) is 1.85. The molecule has 3 nitrogen and oxygen atoms in total. The fraction of sp³-hybridized carbons (Fsp3) is 0.611. The first kappa shape index (κ1) is 17.7. The summed E-state index contributed by atoms with van der Waals surface area (Å²) in [4.78, 5) is 4.64. The highest BCUT2D eigenvalue weighted by molar-refractivity contribution is 5.28. The van der Waals surface area contributed by atoms with Crippen molar-refractivity contribution in [3.8, 4) is 5.88 Å². The molecule has 0 saturated heterocycles. The molecule has 0 saturated carbocycles. The summed E-state index contributed by atoms with van der Waals surface area (Å²) in [5.41, 5.74) is 2.32. The molecule has 0 amide bonds. The van der Waals surface area contributed by atoms with Gasteiger partial charge in [-0.1, -0.05) is 46.8 Å². The first-order valence-corrected chi connectivity index (χ1v) is 7.79. The van der Waals surface area contributed by atoms with Crippen LogP contribution in [-0.4, -0.2) is 18.1 Å². The summed E-state index contributed by atoms with van der Waals surface area (Å²) >= 11 is 0. The molecule has 0 radical (unpaired) electrons. The second-order valence-corrected chi connectivity index (χ2v) is 6.85. The minimum atomic E-state index is 0.0206. The van der Waals surface area contributed by atoms with Crippen molar-refractivity contribution in [2.24, 2.45) is 5.92 Å². The van der Waals surface area contributed by atoms with Gasteiger partial charge in [-0.3, -0.25) is 0 Å². The summed E-state index contributed by atoms with van der Waals surface area (Å²) in [7, 11) is 0. The molecule has 0 unspecified atom stereocenters. The molecule has 21 heavy (non-hydrogen) atoms. The van der Waals surface area contributed by atoms with E-state index in [4.69, 9.17) is 4.74 Å². The highest BCUT2D eigenvalue weighted by atomic mass is 16.5. The summed E-state index contributed by atoms with van der Waals surface area (Å²) in [6, 6.07) is 4.21. The number of nitrogens with zero attached hydrogens (tertiary/aromatic N) is 1. The van der Waals surface area contributed by atoms with Gasteiger partial charge in [0, 0.05) is 18.0 Å². The van der Waals surface area contributed by atoms with Crippen LogP contribution in [0.25, 0.3) is 0 Å². The van der Waals surface area contributed by atoms with Gasteiger partial charge in [-0.15, -0.1) is 0 Å². The quantitative estimate of drug-likeness (QED) is 0.768. The number of ether oxygens (including phenoxy) is 1. The molecular weight excluding hydrogens is 260 g/mol. The molecule has 3 heteroatoms. The molecule has 0 aliphatic carbocycles. The highest BCUT2D eigenvalue weighted by Gasteiger charge is 2.17. The molecule has 1 N–H and O–H groups in total. The Morgan fingerprint density at radius 1 is 1.29 bits per heavy atom. The van der Waals surface area contributed by atoms with E-state index in [0.717, 1.165) is 18.8 Å². The van der Waals surface area contributed by atoms with Gasteiger partial charge in [-0.25, -0.2) is 4.98 Å². The Morgan fingerprint density at radius 2 is 2.00 bits per heavy atom. The molecule has 0 aromatic carbocycles. The average Bonchev–Trinajstić information content (AvgIpc) is 2.37. The number of hydrogen-bond donors (Lipinski definition) is 1. The predicted molar refractivity (Wildman–Crippen MR) is 89.8 cm³/mol. The van der Waals surface area contributed by atoms with E-state index >= 15 is 0 Å². The molecule has 0 aliphatic rings. The number of rotatable bonds is 7. The number of hydrogen-bond acceptors (Lipinski definition) is 3. The van der Waals surface area contributed by atoms with E-state index in [1.54, 1.807) is 0 Å². The predicted octanol–water partition coefficient (Wildman–Crippen LogP) is 4.08. The zero-order valence-electron chi connectivity index (χ0n) is 14.4. The van der Waals surface area contributed by atoms with Crippen molar-refractivity contribution in [2.75, 3.05) is 13.2 Å². The minimum Gasteiger partial charge on any atom is -0.473 e. The monoisotopic (exact) mass is 290 g/mol. The first-order chi connectivity index (χ1) is 9.82. The SMILES string of the molecule is C/C=C/COc1cc(CNCC(C)C)cc(C(C)(C)C)n1. The van der Waals surface area contributed by atoms with Gasteiger partial charge in [0.1, 0.15) is 6.61 Å². The molecule has 1 rings (SSSR count). The zero-order chi connectivity index (χ0) is 15.9. The van der Waals surface area contributed by atoms with E-state index < -0.39 is 0 Å². The first-order valence-electron chi connectivity index (χ1n) is 7.79. The molecule has 0 atom stereocenters. The molecule has 1 aromatic heterocycles. The van der Waals surface area contributed by atoms with Gasteiger partial charge >= 0.3 is 0 Å². The third-order valence-electron chi connectivity index (χ3n) is 3.07. The lowest BCUT2D eigenvalue weighted by atomic mass is 9.91. The molecule has 0 spiro atoms. The van der Waals surface area contributed by atoms with Crippen LogP contribution in [0.1, 0.15) is 52.8 Å². The Hall–Kier alpha value is -1.35. The van der Waals surface area contributed by atoms with Gasteiger partial charge in [0.2, 0.25) is 5.88 Å². The third kappa shape index (κ3) is 6.76. The van der Waals surface area contributed by atoms with Crippen LogP contribution in [0.15, 0.2) is 24.3 Å². The van der Waals surface area contributed by atoms with Gasteiger partial charge in [-0.2, -0.15) is 0 Å². The van der Waals surface area contributed by atoms with Crippen LogP contribution >= 0.6 is 0 Å². The number of aromatic nitrogens is 1. The van der Waals surface area contributed by atoms with Crippen molar-refractivity contribution in [2.45, 2.75) is 53.5 Å².